The minimum Gasteiger partial charge on any atom is -0.307 e. The van der Waals surface area contributed by atoms with Crippen LogP contribution < -0.4 is 4.90 Å². The maximum absolute atomic E-state index is 9.56. The van der Waals surface area contributed by atoms with Gasteiger partial charge in [-0.3, -0.25) is 4.90 Å². The Bertz CT molecular complexity index is 3410. The molecular formula is C53H34N6. The van der Waals surface area contributed by atoms with Crippen LogP contribution in [0.5, 0.6) is 0 Å². The molecular weight excluding hydrogens is 721 g/mol. The number of nitriles is 1. The van der Waals surface area contributed by atoms with Crippen molar-refractivity contribution in [3.8, 4) is 34.5 Å². The first-order chi connectivity index (χ1) is 29.1. The standard InChI is InChI=1S/C53H34N6/c1-34-14-4-2-5-15-36-28-30-46-45-22-12-13-23-48(45)59(39-29-31-44-42-20-9-8-18-40(42)41-19-10-11-21-43(41)47(44)32-39)50(46)49(36)58(34)53-56-51(37-16-6-3-7-17-37)55-52(57-53)38-26-24-35(33-54)25-27-38/h2-14,16-32H,1,15H2/b5-2-,14-4-. The Balaban J connectivity index is 1.24. The quantitative estimate of drug-likeness (QED) is 0.167. The molecule has 1 aliphatic heterocycles. The number of aromatic nitrogens is 4. The lowest BCUT2D eigenvalue weighted by atomic mass is 9.94. The minimum absolute atomic E-state index is 0.441. The SMILES string of the molecule is C=C1/C=C\C=C/Cc2ccc3c4ccccc4n(-c4ccc5c6ccccc6c6ccccc6c5c4)c3c2N1c1nc(-c2ccccc2)nc(-c2ccc(C#N)cc2)n1. The van der Waals surface area contributed by atoms with Crippen LogP contribution in [0.4, 0.5) is 11.6 Å². The highest BCUT2D eigenvalue weighted by atomic mass is 15.3. The first-order valence-corrected chi connectivity index (χ1v) is 19.7. The highest BCUT2D eigenvalue weighted by molar-refractivity contribution is 6.26. The zero-order chi connectivity index (χ0) is 39.5. The average molecular weight is 755 g/mol. The average Bonchev–Trinajstić information content (AvgIpc) is 3.67. The topological polar surface area (TPSA) is 70.6 Å². The van der Waals surface area contributed by atoms with Crippen LogP contribution in [0.2, 0.25) is 0 Å². The van der Waals surface area contributed by atoms with Gasteiger partial charge in [-0.25, -0.2) is 4.98 Å². The van der Waals surface area contributed by atoms with E-state index in [-0.39, 0.29) is 0 Å². The lowest BCUT2D eigenvalue weighted by Gasteiger charge is -2.28. The summed E-state index contributed by atoms with van der Waals surface area (Å²) in [4.78, 5) is 17.6. The molecule has 0 saturated heterocycles. The maximum Gasteiger partial charge on any atom is 0.238 e. The zero-order valence-corrected chi connectivity index (χ0v) is 31.9. The Morgan fingerprint density at radius 1 is 0.542 bits per heavy atom. The largest absolute Gasteiger partial charge is 0.307 e. The molecule has 11 rings (SSSR count). The first-order valence-electron chi connectivity index (χ1n) is 19.7. The highest BCUT2D eigenvalue weighted by Crippen LogP contribution is 2.45. The van der Waals surface area contributed by atoms with Crippen molar-refractivity contribution in [2.24, 2.45) is 0 Å². The van der Waals surface area contributed by atoms with E-state index in [4.69, 9.17) is 15.0 Å². The summed E-state index contributed by atoms with van der Waals surface area (Å²) >= 11 is 0. The van der Waals surface area contributed by atoms with Crippen molar-refractivity contribution in [1.82, 2.24) is 19.5 Å². The van der Waals surface area contributed by atoms with Crippen molar-refractivity contribution in [1.29, 1.82) is 5.26 Å². The van der Waals surface area contributed by atoms with Crippen LogP contribution in [-0.4, -0.2) is 19.5 Å². The lowest BCUT2D eigenvalue weighted by Crippen LogP contribution is -2.21. The molecule has 1 aliphatic rings. The van der Waals surface area contributed by atoms with Gasteiger partial charge in [0.05, 0.1) is 28.4 Å². The van der Waals surface area contributed by atoms with Gasteiger partial charge >= 0.3 is 0 Å². The van der Waals surface area contributed by atoms with Crippen molar-refractivity contribution >= 4 is 65.8 Å². The van der Waals surface area contributed by atoms with E-state index in [1.165, 1.54) is 32.3 Å². The summed E-state index contributed by atoms with van der Waals surface area (Å²) in [7, 11) is 0. The number of rotatable bonds is 4. The summed E-state index contributed by atoms with van der Waals surface area (Å²) in [6.07, 6.45) is 8.96. The Kier molecular flexibility index (Phi) is 7.99. The monoisotopic (exact) mass is 754 g/mol. The van der Waals surface area contributed by atoms with Crippen molar-refractivity contribution in [2.45, 2.75) is 6.42 Å². The predicted molar refractivity (Wildman–Crippen MR) is 242 cm³/mol. The van der Waals surface area contributed by atoms with E-state index in [0.717, 1.165) is 49.9 Å². The summed E-state index contributed by atoms with van der Waals surface area (Å²) < 4.78 is 2.40. The van der Waals surface area contributed by atoms with Gasteiger partial charge in [0.25, 0.3) is 0 Å². The smallest absolute Gasteiger partial charge is 0.238 e. The van der Waals surface area contributed by atoms with Crippen LogP contribution in [0.1, 0.15) is 11.1 Å². The summed E-state index contributed by atoms with van der Waals surface area (Å²) in [5.74, 6) is 1.47. The fourth-order valence-corrected chi connectivity index (χ4v) is 8.69. The van der Waals surface area contributed by atoms with E-state index in [1.54, 1.807) is 12.1 Å². The van der Waals surface area contributed by atoms with Gasteiger partial charge in [-0.1, -0.05) is 140 Å². The number of benzene rings is 8. The molecule has 0 fully saturated rings. The third kappa shape index (κ3) is 5.60. The van der Waals surface area contributed by atoms with Crippen molar-refractivity contribution in [3.05, 3.63) is 205 Å². The van der Waals surface area contributed by atoms with E-state index in [1.807, 2.05) is 54.6 Å². The predicted octanol–water partition coefficient (Wildman–Crippen LogP) is 13.0. The number of allylic oxidation sites excluding steroid dienone is 4. The molecule has 6 heteroatoms. The first kappa shape index (κ1) is 34.1. The van der Waals surface area contributed by atoms with Crippen LogP contribution in [-0.2, 0) is 6.42 Å². The molecule has 0 unspecified atom stereocenters. The normalized spacial score (nSPS) is 13.9. The summed E-state index contributed by atoms with van der Waals surface area (Å²) in [6, 6.07) is 57.0. The molecule has 0 spiro atoms. The molecule has 59 heavy (non-hydrogen) atoms. The Morgan fingerprint density at radius 3 is 1.83 bits per heavy atom. The Labute approximate surface area is 340 Å². The Morgan fingerprint density at radius 2 is 1.14 bits per heavy atom. The van der Waals surface area contributed by atoms with Crippen LogP contribution in [0, 0.1) is 11.3 Å². The number of para-hydroxylation sites is 1. The van der Waals surface area contributed by atoms with Gasteiger partial charge < -0.3 is 4.57 Å². The summed E-state index contributed by atoms with van der Waals surface area (Å²) in [5.41, 5.74) is 8.12. The molecule has 3 heterocycles. The second-order valence-corrected chi connectivity index (χ2v) is 14.8. The molecule has 0 bridgehead atoms. The van der Waals surface area contributed by atoms with E-state index in [0.29, 0.717) is 35.3 Å². The number of anilines is 2. The van der Waals surface area contributed by atoms with Crippen molar-refractivity contribution < 1.29 is 0 Å². The van der Waals surface area contributed by atoms with Crippen LogP contribution in [0.25, 0.3) is 82.6 Å². The minimum atomic E-state index is 0.441. The van der Waals surface area contributed by atoms with Gasteiger partial charge in [-0.2, -0.15) is 15.2 Å². The van der Waals surface area contributed by atoms with E-state index < -0.39 is 0 Å². The third-order valence-electron chi connectivity index (χ3n) is 11.4. The zero-order valence-electron chi connectivity index (χ0n) is 31.9. The molecule has 276 valence electrons. The van der Waals surface area contributed by atoms with Crippen LogP contribution in [0.15, 0.2) is 194 Å². The molecule has 0 saturated carbocycles. The Hall–Kier alpha value is -8.14. The molecule has 10 aromatic rings. The third-order valence-corrected chi connectivity index (χ3v) is 11.4. The van der Waals surface area contributed by atoms with Crippen LogP contribution >= 0.6 is 0 Å². The summed E-state index contributed by atoms with van der Waals surface area (Å²) in [5, 5.41) is 19.2. The van der Waals surface area contributed by atoms with Gasteiger partial charge in [-0.05, 0) is 92.8 Å². The van der Waals surface area contributed by atoms with Crippen molar-refractivity contribution in [3.63, 3.8) is 0 Å². The number of hydrogen-bond acceptors (Lipinski definition) is 5. The van der Waals surface area contributed by atoms with E-state index in [9.17, 15) is 5.26 Å². The molecule has 0 atom stereocenters. The fourth-order valence-electron chi connectivity index (χ4n) is 8.69. The molecule has 2 aromatic heterocycles. The number of nitrogens with zero attached hydrogens (tertiary/aromatic N) is 6. The van der Waals surface area contributed by atoms with Crippen LogP contribution in [0.3, 0.4) is 0 Å². The van der Waals surface area contributed by atoms with Crippen molar-refractivity contribution in [2.75, 3.05) is 4.90 Å². The van der Waals surface area contributed by atoms with E-state index >= 15 is 0 Å². The number of hydrogen-bond donors (Lipinski definition) is 0. The second kappa shape index (κ2) is 13.8. The van der Waals surface area contributed by atoms with Gasteiger partial charge in [0.15, 0.2) is 11.6 Å². The van der Waals surface area contributed by atoms with Gasteiger partial charge in [0.2, 0.25) is 5.95 Å². The molecule has 0 amide bonds. The molecule has 8 aromatic carbocycles. The summed E-state index contributed by atoms with van der Waals surface area (Å²) in [6.45, 7) is 4.67. The fraction of sp³-hybridized carbons (Fsp3) is 0.0189. The maximum atomic E-state index is 9.56. The van der Waals surface area contributed by atoms with Gasteiger partial charge in [0, 0.05) is 33.3 Å². The van der Waals surface area contributed by atoms with Gasteiger partial charge in [-0.15, -0.1) is 0 Å². The second-order valence-electron chi connectivity index (χ2n) is 14.8. The van der Waals surface area contributed by atoms with E-state index in [2.05, 4.69) is 137 Å². The van der Waals surface area contributed by atoms with Gasteiger partial charge in [0.1, 0.15) is 0 Å². The number of fused-ring (bicyclic) bond motifs is 11. The molecule has 0 aliphatic carbocycles. The lowest BCUT2D eigenvalue weighted by molar-refractivity contribution is 0.998. The molecule has 0 radical (unpaired) electrons. The molecule has 0 N–H and O–H groups in total. The molecule has 6 nitrogen and oxygen atoms in total. The highest BCUT2D eigenvalue weighted by Gasteiger charge is 2.27.